The fraction of sp³-hybridized carbons (Fsp3) is 0.300. The average molecular weight is 375 g/mol. The zero-order valence-electron chi connectivity index (χ0n) is 15.5. The second kappa shape index (κ2) is 9.25. The summed E-state index contributed by atoms with van der Waals surface area (Å²) >= 11 is 6.14. The van der Waals surface area contributed by atoms with Gasteiger partial charge < -0.3 is 9.47 Å². The minimum absolute atomic E-state index is 0.318. The Kier molecular flexibility index (Phi) is 7.04. The van der Waals surface area contributed by atoms with Crippen molar-refractivity contribution < 1.29 is 14.3 Å². The molecule has 2 aromatic heterocycles. The van der Waals surface area contributed by atoms with Gasteiger partial charge >= 0.3 is 5.97 Å². The quantitative estimate of drug-likeness (QED) is 0.584. The van der Waals surface area contributed by atoms with Crippen LogP contribution in [0.5, 0.6) is 5.75 Å². The Labute approximate surface area is 158 Å². The van der Waals surface area contributed by atoms with E-state index in [9.17, 15) is 4.79 Å². The number of hydrogen-bond acceptors (Lipinski definition) is 4. The average Bonchev–Trinajstić information content (AvgIpc) is 2.98. The van der Waals surface area contributed by atoms with Crippen LogP contribution in [0.1, 0.15) is 42.4 Å². The van der Waals surface area contributed by atoms with Crippen LogP contribution in [-0.4, -0.2) is 22.2 Å². The summed E-state index contributed by atoms with van der Waals surface area (Å²) in [6.45, 7) is 8.22. The van der Waals surface area contributed by atoms with Crippen LogP contribution < -0.4 is 4.74 Å². The van der Waals surface area contributed by atoms with Crippen LogP contribution in [0.15, 0.2) is 42.6 Å². The molecule has 5 nitrogen and oxygen atoms in total. The van der Waals surface area contributed by atoms with E-state index in [2.05, 4.69) is 5.10 Å². The summed E-state index contributed by atoms with van der Waals surface area (Å²) in [5.41, 5.74) is 2.63. The number of esters is 1. The van der Waals surface area contributed by atoms with E-state index in [-0.39, 0.29) is 5.97 Å². The lowest BCUT2D eigenvalue weighted by molar-refractivity contribution is 0.0528. The normalized spacial score (nSPS) is 10.2. The first-order valence-electron chi connectivity index (χ1n) is 8.62. The molecule has 1 aromatic carbocycles. The summed E-state index contributed by atoms with van der Waals surface area (Å²) in [6, 6.07) is 11.1. The van der Waals surface area contributed by atoms with E-state index in [1.165, 1.54) is 0 Å². The number of carbonyl (C=O) groups excluding carboxylic acids is 1. The molecule has 0 radical (unpaired) electrons. The molecule has 138 valence electrons. The number of carbonyl (C=O) groups is 1. The first kappa shape index (κ1) is 19.8. The van der Waals surface area contributed by atoms with E-state index < -0.39 is 0 Å². The van der Waals surface area contributed by atoms with Crippen LogP contribution in [0.4, 0.5) is 0 Å². The summed E-state index contributed by atoms with van der Waals surface area (Å²) in [7, 11) is 0. The van der Waals surface area contributed by atoms with Gasteiger partial charge in [0.1, 0.15) is 17.9 Å². The van der Waals surface area contributed by atoms with Gasteiger partial charge in [0.2, 0.25) is 0 Å². The molecule has 0 amide bonds. The van der Waals surface area contributed by atoms with Crippen LogP contribution in [0.3, 0.4) is 0 Å². The Bertz CT molecular complexity index is 890. The molecular weight excluding hydrogens is 352 g/mol. The largest absolute Gasteiger partial charge is 0.489 e. The third-order valence-electron chi connectivity index (χ3n) is 3.61. The molecule has 0 bridgehead atoms. The maximum atomic E-state index is 12.1. The predicted octanol–water partition coefficient (Wildman–Crippen LogP) is 5.08. The number of pyridine rings is 1. The van der Waals surface area contributed by atoms with Gasteiger partial charge in [-0.1, -0.05) is 43.6 Å². The first-order valence-corrected chi connectivity index (χ1v) is 9.00. The Morgan fingerprint density at radius 1 is 1.23 bits per heavy atom. The molecule has 0 atom stereocenters. The smallest absolute Gasteiger partial charge is 0.342 e. The number of benzene rings is 1. The van der Waals surface area contributed by atoms with E-state index in [1.807, 2.05) is 38.1 Å². The van der Waals surface area contributed by atoms with Crippen molar-refractivity contribution in [2.45, 2.75) is 34.3 Å². The highest BCUT2D eigenvalue weighted by molar-refractivity contribution is 6.31. The van der Waals surface area contributed by atoms with Gasteiger partial charge in [-0.15, -0.1) is 0 Å². The number of aryl methyl sites for hydroxylation is 1. The molecule has 26 heavy (non-hydrogen) atoms. The van der Waals surface area contributed by atoms with Crippen molar-refractivity contribution in [2.75, 3.05) is 6.61 Å². The summed E-state index contributed by atoms with van der Waals surface area (Å²) in [4.78, 5) is 12.1. The number of rotatable bonds is 5. The van der Waals surface area contributed by atoms with Crippen LogP contribution in [0.2, 0.25) is 5.02 Å². The number of nitrogens with zero attached hydrogens (tertiary/aromatic N) is 2. The molecule has 0 spiro atoms. The van der Waals surface area contributed by atoms with Crippen molar-refractivity contribution in [2.24, 2.45) is 0 Å². The fourth-order valence-electron chi connectivity index (χ4n) is 2.47. The van der Waals surface area contributed by atoms with Gasteiger partial charge in [-0.25, -0.2) is 9.31 Å². The molecule has 0 fully saturated rings. The van der Waals surface area contributed by atoms with Gasteiger partial charge in [-0.2, -0.15) is 5.10 Å². The zero-order chi connectivity index (χ0) is 19.1. The number of ether oxygens (including phenoxy) is 2. The predicted molar refractivity (Wildman–Crippen MR) is 103 cm³/mol. The Hall–Kier alpha value is -2.53. The van der Waals surface area contributed by atoms with Crippen LogP contribution in [0.25, 0.3) is 5.52 Å². The third kappa shape index (κ3) is 4.35. The van der Waals surface area contributed by atoms with Gasteiger partial charge in [0, 0.05) is 22.8 Å². The van der Waals surface area contributed by atoms with E-state index in [0.717, 1.165) is 5.56 Å². The summed E-state index contributed by atoms with van der Waals surface area (Å²) in [6.07, 6.45) is 1.76. The summed E-state index contributed by atoms with van der Waals surface area (Å²) in [5.74, 6) is 0.251. The molecule has 3 rings (SSSR count). The monoisotopic (exact) mass is 374 g/mol. The van der Waals surface area contributed by atoms with Crippen molar-refractivity contribution in [3.8, 4) is 5.75 Å². The van der Waals surface area contributed by atoms with E-state index in [4.69, 9.17) is 21.1 Å². The van der Waals surface area contributed by atoms with Crippen molar-refractivity contribution in [1.82, 2.24) is 9.61 Å². The van der Waals surface area contributed by atoms with Crippen LogP contribution in [0, 0.1) is 6.92 Å². The third-order valence-corrected chi connectivity index (χ3v) is 3.98. The van der Waals surface area contributed by atoms with Gasteiger partial charge in [-0.05, 0) is 26.0 Å². The highest BCUT2D eigenvalue weighted by Gasteiger charge is 2.18. The van der Waals surface area contributed by atoms with E-state index in [1.54, 1.807) is 36.7 Å². The van der Waals surface area contributed by atoms with Gasteiger partial charge in [0.15, 0.2) is 0 Å². The topological polar surface area (TPSA) is 52.8 Å². The maximum Gasteiger partial charge on any atom is 0.342 e. The Morgan fingerprint density at radius 3 is 2.65 bits per heavy atom. The molecule has 0 N–H and O–H groups in total. The summed E-state index contributed by atoms with van der Waals surface area (Å²) in [5, 5.41) is 4.99. The molecule has 3 aromatic rings. The minimum Gasteiger partial charge on any atom is -0.489 e. The van der Waals surface area contributed by atoms with Gasteiger partial charge in [-0.3, -0.25) is 0 Å². The highest BCUT2D eigenvalue weighted by atomic mass is 35.5. The first-order chi connectivity index (χ1) is 12.6. The minimum atomic E-state index is -0.381. The van der Waals surface area contributed by atoms with Crippen molar-refractivity contribution in [3.05, 3.63) is 64.4 Å². The lowest BCUT2D eigenvalue weighted by atomic mass is 10.2. The molecule has 0 aliphatic heterocycles. The lowest BCUT2D eigenvalue weighted by Crippen LogP contribution is -2.05. The maximum absolute atomic E-state index is 12.1. The molecule has 0 aliphatic rings. The van der Waals surface area contributed by atoms with E-state index in [0.29, 0.717) is 40.8 Å². The second-order valence-corrected chi connectivity index (χ2v) is 5.66. The molecular formula is C20H23ClN2O3. The van der Waals surface area contributed by atoms with Gasteiger partial charge in [0.05, 0.1) is 17.8 Å². The Balaban J connectivity index is 0.00000117. The molecule has 0 saturated carbocycles. The standard InChI is InChI=1S/C18H17ClN2O3.C2H6/c1-3-23-18(22)17-12(2)20-21-9-8-14(10-16(17)21)24-11-13-6-4-5-7-15(13)19;1-2/h4-10H,3,11H2,1-2H3;1-2H3. The molecule has 2 heterocycles. The number of hydrogen-bond donors (Lipinski definition) is 0. The highest BCUT2D eigenvalue weighted by Crippen LogP contribution is 2.23. The lowest BCUT2D eigenvalue weighted by Gasteiger charge is -2.08. The van der Waals surface area contributed by atoms with Crippen molar-refractivity contribution in [1.29, 1.82) is 0 Å². The number of aromatic nitrogens is 2. The summed E-state index contributed by atoms with van der Waals surface area (Å²) < 4.78 is 12.6. The van der Waals surface area contributed by atoms with Crippen LogP contribution >= 0.6 is 11.6 Å². The SMILES string of the molecule is CC.CCOC(=O)c1c(C)nn2ccc(OCc3ccccc3Cl)cc12. The molecule has 0 saturated heterocycles. The zero-order valence-corrected chi connectivity index (χ0v) is 16.2. The van der Waals surface area contributed by atoms with Crippen molar-refractivity contribution in [3.63, 3.8) is 0 Å². The van der Waals surface area contributed by atoms with E-state index >= 15 is 0 Å². The van der Waals surface area contributed by atoms with Crippen molar-refractivity contribution >= 4 is 23.1 Å². The second-order valence-electron chi connectivity index (χ2n) is 5.25. The van der Waals surface area contributed by atoms with Gasteiger partial charge in [0.25, 0.3) is 0 Å². The molecule has 6 heteroatoms. The number of halogens is 1. The van der Waals surface area contributed by atoms with Crippen LogP contribution in [-0.2, 0) is 11.3 Å². The fourth-order valence-corrected chi connectivity index (χ4v) is 2.66. The molecule has 0 aliphatic carbocycles. The Morgan fingerprint density at radius 2 is 1.96 bits per heavy atom. The molecule has 0 unspecified atom stereocenters. The number of fused-ring (bicyclic) bond motifs is 1.